The quantitative estimate of drug-likeness (QED) is 0.547. The van der Waals surface area contributed by atoms with Crippen LogP contribution in [0.2, 0.25) is 0 Å². The average molecular weight is 160 g/mol. The lowest BCUT2D eigenvalue weighted by molar-refractivity contribution is 0.182. The van der Waals surface area contributed by atoms with E-state index in [2.05, 4.69) is 10.6 Å². The fraction of sp³-hybridized carbons (Fsp3) is 0.857. The lowest BCUT2D eigenvalue weighted by Gasteiger charge is -2.23. The number of hydrogen-bond acceptors (Lipinski definition) is 2. The van der Waals surface area contributed by atoms with Gasteiger partial charge < -0.3 is 15.7 Å². The Labute approximate surface area is 67.0 Å². The SMILES string of the molecule is CCNC(=O)NC(C)(C)CO. The van der Waals surface area contributed by atoms with Crippen LogP contribution in [0.25, 0.3) is 0 Å². The van der Waals surface area contributed by atoms with Crippen LogP contribution >= 0.6 is 0 Å². The summed E-state index contributed by atoms with van der Waals surface area (Å²) in [5.41, 5.74) is -0.542. The van der Waals surface area contributed by atoms with E-state index < -0.39 is 5.54 Å². The first-order chi connectivity index (χ1) is 5.02. The summed E-state index contributed by atoms with van der Waals surface area (Å²) in [5.74, 6) is 0. The van der Waals surface area contributed by atoms with Gasteiger partial charge in [0, 0.05) is 6.54 Å². The molecule has 0 aliphatic rings. The molecule has 0 unspecified atom stereocenters. The lowest BCUT2D eigenvalue weighted by atomic mass is 10.1. The second kappa shape index (κ2) is 4.18. The van der Waals surface area contributed by atoms with Gasteiger partial charge >= 0.3 is 6.03 Å². The summed E-state index contributed by atoms with van der Waals surface area (Å²) in [6, 6.07) is -0.244. The molecular weight excluding hydrogens is 144 g/mol. The third-order valence-corrected chi connectivity index (χ3v) is 1.18. The average Bonchev–Trinajstić information content (AvgIpc) is 1.87. The van der Waals surface area contributed by atoms with Crippen LogP contribution in [0.15, 0.2) is 0 Å². The highest BCUT2D eigenvalue weighted by molar-refractivity contribution is 5.74. The van der Waals surface area contributed by atoms with Crippen molar-refractivity contribution in [1.29, 1.82) is 0 Å². The van der Waals surface area contributed by atoms with Gasteiger partial charge in [0.1, 0.15) is 0 Å². The molecule has 0 spiro atoms. The Morgan fingerprint density at radius 2 is 2.09 bits per heavy atom. The molecule has 66 valence electrons. The Morgan fingerprint density at radius 3 is 2.45 bits per heavy atom. The zero-order valence-corrected chi connectivity index (χ0v) is 7.27. The van der Waals surface area contributed by atoms with Gasteiger partial charge in [-0.25, -0.2) is 4.79 Å². The van der Waals surface area contributed by atoms with Crippen LogP contribution in [-0.4, -0.2) is 29.8 Å². The summed E-state index contributed by atoms with van der Waals surface area (Å²) in [6.07, 6.45) is 0. The van der Waals surface area contributed by atoms with Crippen molar-refractivity contribution in [1.82, 2.24) is 10.6 Å². The summed E-state index contributed by atoms with van der Waals surface area (Å²) >= 11 is 0. The first-order valence-corrected chi connectivity index (χ1v) is 3.68. The molecule has 3 N–H and O–H groups in total. The molecule has 0 rings (SSSR count). The summed E-state index contributed by atoms with van der Waals surface area (Å²) in [6.45, 7) is 5.87. The summed E-state index contributed by atoms with van der Waals surface area (Å²) in [5, 5.41) is 14.0. The maximum Gasteiger partial charge on any atom is 0.315 e. The Kier molecular flexibility index (Phi) is 3.89. The topological polar surface area (TPSA) is 61.4 Å². The summed E-state index contributed by atoms with van der Waals surface area (Å²) < 4.78 is 0. The maximum absolute atomic E-state index is 10.9. The molecule has 0 aliphatic carbocycles. The smallest absolute Gasteiger partial charge is 0.315 e. The van der Waals surface area contributed by atoms with Crippen LogP contribution in [0, 0.1) is 0 Å². The predicted octanol–water partition coefficient (Wildman–Crippen LogP) is 0.0764. The monoisotopic (exact) mass is 160 g/mol. The predicted molar refractivity (Wildman–Crippen MR) is 43.4 cm³/mol. The van der Waals surface area contributed by atoms with E-state index in [4.69, 9.17) is 5.11 Å². The number of amides is 2. The zero-order chi connectivity index (χ0) is 8.91. The molecule has 0 aromatic carbocycles. The van der Waals surface area contributed by atoms with Gasteiger partial charge in [-0.1, -0.05) is 0 Å². The molecule has 0 aliphatic heterocycles. The minimum absolute atomic E-state index is 0.0653. The summed E-state index contributed by atoms with van der Waals surface area (Å²) in [7, 11) is 0. The zero-order valence-electron chi connectivity index (χ0n) is 7.27. The van der Waals surface area contributed by atoms with E-state index in [1.807, 2.05) is 6.92 Å². The number of aliphatic hydroxyl groups is 1. The molecule has 0 aromatic rings. The van der Waals surface area contributed by atoms with Gasteiger partial charge in [-0.3, -0.25) is 0 Å². The number of carbonyl (C=O) groups is 1. The molecule has 0 saturated heterocycles. The molecular formula is C7H16N2O2. The molecule has 0 atom stereocenters. The molecule has 11 heavy (non-hydrogen) atoms. The van der Waals surface area contributed by atoms with Crippen molar-refractivity contribution in [3.8, 4) is 0 Å². The number of urea groups is 1. The highest BCUT2D eigenvalue weighted by Gasteiger charge is 2.17. The van der Waals surface area contributed by atoms with Crippen LogP contribution in [-0.2, 0) is 0 Å². The molecule has 0 fully saturated rings. The van der Waals surface area contributed by atoms with Gasteiger partial charge in [-0.2, -0.15) is 0 Å². The van der Waals surface area contributed by atoms with Crippen LogP contribution in [0.1, 0.15) is 20.8 Å². The third kappa shape index (κ3) is 4.61. The van der Waals surface area contributed by atoms with E-state index in [-0.39, 0.29) is 12.6 Å². The Hall–Kier alpha value is -0.770. The van der Waals surface area contributed by atoms with Crippen molar-refractivity contribution >= 4 is 6.03 Å². The van der Waals surface area contributed by atoms with E-state index in [1.54, 1.807) is 13.8 Å². The first-order valence-electron chi connectivity index (χ1n) is 3.68. The standard InChI is InChI=1S/C7H16N2O2/c1-4-8-6(11)9-7(2,3)5-10/h10H,4-5H2,1-3H3,(H2,8,9,11). The highest BCUT2D eigenvalue weighted by Crippen LogP contribution is 1.98. The largest absolute Gasteiger partial charge is 0.394 e. The molecule has 0 radical (unpaired) electrons. The second-order valence-electron chi connectivity index (χ2n) is 3.03. The van der Waals surface area contributed by atoms with Gasteiger partial charge in [0.2, 0.25) is 0 Å². The van der Waals surface area contributed by atoms with Crippen molar-refractivity contribution in [3.63, 3.8) is 0 Å². The van der Waals surface area contributed by atoms with E-state index >= 15 is 0 Å². The second-order valence-corrected chi connectivity index (χ2v) is 3.03. The normalized spacial score (nSPS) is 10.9. The van der Waals surface area contributed by atoms with Crippen molar-refractivity contribution in [3.05, 3.63) is 0 Å². The minimum atomic E-state index is -0.542. The molecule has 0 heterocycles. The molecule has 0 bridgehead atoms. The number of carbonyl (C=O) groups excluding carboxylic acids is 1. The van der Waals surface area contributed by atoms with Crippen molar-refractivity contribution in [2.75, 3.05) is 13.2 Å². The Morgan fingerprint density at radius 1 is 1.55 bits per heavy atom. The van der Waals surface area contributed by atoms with E-state index in [1.165, 1.54) is 0 Å². The maximum atomic E-state index is 10.9. The van der Waals surface area contributed by atoms with Crippen LogP contribution in [0.3, 0.4) is 0 Å². The molecule has 0 saturated carbocycles. The van der Waals surface area contributed by atoms with Crippen molar-refractivity contribution < 1.29 is 9.90 Å². The fourth-order valence-corrected chi connectivity index (χ4v) is 0.552. The number of aliphatic hydroxyl groups excluding tert-OH is 1. The van der Waals surface area contributed by atoms with Crippen LogP contribution in [0.5, 0.6) is 0 Å². The van der Waals surface area contributed by atoms with E-state index in [0.29, 0.717) is 6.54 Å². The minimum Gasteiger partial charge on any atom is -0.394 e. The number of hydrogen-bond donors (Lipinski definition) is 3. The van der Waals surface area contributed by atoms with E-state index in [0.717, 1.165) is 0 Å². The van der Waals surface area contributed by atoms with Gasteiger partial charge in [-0.15, -0.1) is 0 Å². The third-order valence-electron chi connectivity index (χ3n) is 1.18. The molecule has 4 nitrogen and oxygen atoms in total. The van der Waals surface area contributed by atoms with Gasteiger partial charge in [-0.05, 0) is 20.8 Å². The Balaban J connectivity index is 3.74. The van der Waals surface area contributed by atoms with Crippen LogP contribution in [0.4, 0.5) is 4.79 Å². The molecule has 2 amide bonds. The van der Waals surface area contributed by atoms with Crippen molar-refractivity contribution in [2.24, 2.45) is 0 Å². The molecule has 4 heteroatoms. The van der Waals surface area contributed by atoms with Crippen LogP contribution < -0.4 is 10.6 Å². The van der Waals surface area contributed by atoms with Gasteiger partial charge in [0.15, 0.2) is 0 Å². The van der Waals surface area contributed by atoms with Gasteiger partial charge in [0.05, 0.1) is 12.1 Å². The van der Waals surface area contributed by atoms with Crippen molar-refractivity contribution in [2.45, 2.75) is 26.3 Å². The fourth-order valence-electron chi connectivity index (χ4n) is 0.552. The Bertz CT molecular complexity index is 134. The van der Waals surface area contributed by atoms with E-state index in [9.17, 15) is 4.79 Å². The first kappa shape index (κ1) is 10.2. The number of nitrogens with one attached hydrogen (secondary N) is 2. The lowest BCUT2D eigenvalue weighted by Crippen LogP contribution is -2.50. The van der Waals surface area contributed by atoms with Gasteiger partial charge in [0.25, 0.3) is 0 Å². The summed E-state index contributed by atoms with van der Waals surface area (Å²) in [4.78, 5) is 10.9. The molecule has 0 aromatic heterocycles. The number of rotatable bonds is 3. The highest BCUT2D eigenvalue weighted by atomic mass is 16.3.